The molecule has 34 heavy (non-hydrogen) atoms. The molecule has 1 saturated heterocycles. The fourth-order valence-corrected chi connectivity index (χ4v) is 5.08. The van der Waals surface area contributed by atoms with Crippen LogP contribution in [0.15, 0.2) is 66.9 Å². The summed E-state index contributed by atoms with van der Waals surface area (Å²) in [6, 6.07) is 20.4. The number of ether oxygens (including phenoxy) is 3. The van der Waals surface area contributed by atoms with Crippen LogP contribution in [-0.2, 0) is 16.1 Å². The molecule has 0 saturated carbocycles. The quantitative estimate of drug-likeness (QED) is 0.365. The number of hydrogen-bond acceptors (Lipinski definition) is 4. The Morgan fingerprint density at radius 3 is 2.62 bits per heavy atom. The van der Waals surface area contributed by atoms with Crippen molar-refractivity contribution in [2.24, 2.45) is 0 Å². The number of likely N-dealkylation sites (tertiary alicyclic amines) is 1. The van der Waals surface area contributed by atoms with Crippen LogP contribution in [0.1, 0.15) is 24.4 Å². The smallest absolute Gasteiger partial charge is 0.261 e. The fraction of sp³-hybridized carbons (Fsp3) is 0.321. The van der Waals surface area contributed by atoms with Gasteiger partial charge in [-0.3, -0.25) is 4.79 Å². The summed E-state index contributed by atoms with van der Waals surface area (Å²) in [7, 11) is 3.39. The molecule has 1 aromatic heterocycles. The van der Waals surface area contributed by atoms with Gasteiger partial charge in [0, 0.05) is 37.2 Å². The molecule has 5 rings (SSSR count). The molecule has 0 spiro atoms. The molecule has 2 heterocycles. The summed E-state index contributed by atoms with van der Waals surface area (Å²) in [5, 5.41) is 3.21. The summed E-state index contributed by atoms with van der Waals surface area (Å²) in [6.45, 7) is 2.18. The SMILES string of the molecule is COCCn1ccc2c(OCC(=O)N3CCC[C@@H]3c3ccc(OC)c4ccccc34)cccc21. The molecule has 0 unspecified atom stereocenters. The van der Waals surface area contributed by atoms with Crippen molar-refractivity contribution in [3.63, 3.8) is 0 Å². The highest BCUT2D eigenvalue weighted by Gasteiger charge is 2.31. The van der Waals surface area contributed by atoms with E-state index in [4.69, 9.17) is 14.2 Å². The van der Waals surface area contributed by atoms with Gasteiger partial charge < -0.3 is 23.7 Å². The third-order valence-electron chi connectivity index (χ3n) is 6.73. The first kappa shape index (κ1) is 22.3. The van der Waals surface area contributed by atoms with Gasteiger partial charge >= 0.3 is 0 Å². The van der Waals surface area contributed by atoms with Crippen molar-refractivity contribution in [2.75, 3.05) is 34.0 Å². The van der Waals surface area contributed by atoms with E-state index in [1.54, 1.807) is 14.2 Å². The molecular formula is C28H30N2O4. The number of benzene rings is 3. The summed E-state index contributed by atoms with van der Waals surface area (Å²) in [5.74, 6) is 1.59. The number of carbonyl (C=O) groups excluding carboxylic acids is 1. The van der Waals surface area contributed by atoms with Crippen LogP contribution >= 0.6 is 0 Å². The molecule has 0 radical (unpaired) electrons. The van der Waals surface area contributed by atoms with Crippen molar-refractivity contribution in [1.82, 2.24) is 9.47 Å². The maximum atomic E-state index is 13.3. The molecule has 0 N–H and O–H groups in total. The highest BCUT2D eigenvalue weighted by atomic mass is 16.5. The van der Waals surface area contributed by atoms with E-state index in [1.165, 1.54) is 5.56 Å². The number of amides is 1. The molecule has 1 amide bonds. The normalized spacial score (nSPS) is 15.8. The summed E-state index contributed by atoms with van der Waals surface area (Å²) >= 11 is 0. The molecular weight excluding hydrogens is 428 g/mol. The Balaban J connectivity index is 1.35. The van der Waals surface area contributed by atoms with E-state index in [1.807, 2.05) is 47.5 Å². The van der Waals surface area contributed by atoms with E-state index in [0.29, 0.717) is 6.61 Å². The predicted molar refractivity (Wildman–Crippen MR) is 133 cm³/mol. The molecule has 0 bridgehead atoms. The van der Waals surface area contributed by atoms with E-state index in [0.717, 1.165) is 59.1 Å². The second-order valence-electron chi connectivity index (χ2n) is 8.63. The molecule has 1 aliphatic heterocycles. The van der Waals surface area contributed by atoms with E-state index < -0.39 is 0 Å². The Morgan fingerprint density at radius 2 is 1.79 bits per heavy atom. The van der Waals surface area contributed by atoms with Crippen LogP contribution in [0.2, 0.25) is 0 Å². The van der Waals surface area contributed by atoms with Crippen molar-refractivity contribution in [3.8, 4) is 11.5 Å². The van der Waals surface area contributed by atoms with Gasteiger partial charge in [-0.05, 0) is 48.1 Å². The lowest BCUT2D eigenvalue weighted by atomic mass is 9.96. The minimum Gasteiger partial charge on any atom is -0.496 e. The average Bonchev–Trinajstić information content (AvgIpc) is 3.53. The third kappa shape index (κ3) is 4.10. The molecule has 1 aliphatic rings. The van der Waals surface area contributed by atoms with Crippen molar-refractivity contribution in [1.29, 1.82) is 0 Å². The highest BCUT2D eigenvalue weighted by Crippen LogP contribution is 2.39. The molecule has 4 aromatic rings. The monoisotopic (exact) mass is 458 g/mol. The Labute approximate surface area is 199 Å². The number of rotatable bonds is 8. The van der Waals surface area contributed by atoms with Gasteiger partial charge in [0.2, 0.25) is 0 Å². The number of methoxy groups -OCH3 is 2. The summed E-state index contributed by atoms with van der Waals surface area (Å²) in [6.07, 6.45) is 3.96. The minimum absolute atomic E-state index is 0.0122. The van der Waals surface area contributed by atoms with Crippen molar-refractivity contribution >= 4 is 27.6 Å². The highest BCUT2D eigenvalue weighted by molar-refractivity contribution is 5.92. The lowest BCUT2D eigenvalue weighted by Gasteiger charge is -2.26. The van der Waals surface area contributed by atoms with Gasteiger partial charge in [0.1, 0.15) is 11.5 Å². The minimum atomic E-state index is 0.0122. The van der Waals surface area contributed by atoms with E-state index in [2.05, 4.69) is 28.8 Å². The van der Waals surface area contributed by atoms with Crippen LogP contribution in [0.25, 0.3) is 21.7 Å². The maximum Gasteiger partial charge on any atom is 0.261 e. The second-order valence-corrected chi connectivity index (χ2v) is 8.63. The summed E-state index contributed by atoms with van der Waals surface area (Å²) in [4.78, 5) is 15.3. The van der Waals surface area contributed by atoms with Gasteiger partial charge in [0.15, 0.2) is 6.61 Å². The number of carbonyl (C=O) groups is 1. The Morgan fingerprint density at radius 1 is 0.941 bits per heavy atom. The maximum absolute atomic E-state index is 13.3. The average molecular weight is 459 g/mol. The van der Waals surface area contributed by atoms with Crippen LogP contribution in [0.5, 0.6) is 11.5 Å². The number of hydrogen-bond donors (Lipinski definition) is 0. The van der Waals surface area contributed by atoms with Gasteiger partial charge in [0.05, 0.1) is 25.3 Å². The van der Waals surface area contributed by atoms with Gasteiger partial charge in [-0.1, -0.05) is 36.4 Å². The number of nitrogens with zero attached hydrogens (tertiary/aromatic N) is 2. The molecule has 6 heteroatoms. The van der Waals surface area contributed by atoms with Gasteiger partial charge in [-0.2, -0.15) is 0 Å². The third-order valence-corrected chi connectivity index (χ3v) is 6.73. The molecule has 176 valence electrons. The zero-order valence-electron chi connectivity index (χ0n) is 19.7. The van der Waals surface area contributed by atoms with Crippen LogP contribution < -0.4 is 9.47 Å². The van der Waals surface area contributed by atoms with Crippen LogP contribution in [-0.4, -0.2) is 49.4 Å². The molecule has 0 aliphatic carbocycles. The fourth-order valence-electron chi connectivity index (χ4n) is 5.08. The topological polar surface area (TPSA) is 52.9 Å². The second kappa shape index (κ2) is 9.77. The van der Waals surface area contributed by atoms with Gasteiger partial charge in [0.25, 0.3) is 5.91 Å². The molecule has 3 aromatic carbocycles. The van der Waals surface area contributed by atoms with Crippen LogP contribution in [0, 0.1) is 0 Å². The van der Waals surface area contributed by atoms with E-state index in [9.17, 15) is 4.79 Å². The molecule has 1 atom stereocenters. The first-order valence-electron chi connectivity index (χ1n) is 11.8. The van der Waals surface area contributed by atoms with Gasteiger partial charge in [-0.15, -0.1) is 0 Å². The van der Waals surface area contributed by atoms with Crippen LogP contribution in [0.4, 0.5) is 0 Å². The van der Waals surface area contributed by atoms with Crippen molar-refractivity contribution in [3.05, 3.63) is 72.4 Å². The standard InChI is InChI=1S/C28H30N2O4/c1-32-18-17-29-16-14-23-24(29)9-5-11-27(23)34-19-28(31)30-15-6-10-25(30)21-12-13-26(33-2)22-8-4-3-7-20(21)22/h3-5,7-9,11-14,16,25H,6,10,15,17-19H2,1-2H3/t25-/m1/s1. The lowest BCUT2D eigenvalue weighted by Crippen LogP contribution is -2.34. The van der Waals surface area contributed by atoms with E-state index in [-0.39, 0.29) is 18.6 Å². The first-order valence-corrected chi connectivity index (χ1v) is 11.8. The Kier molecular flexibility index (Phi) is 6.41. The number of aromatic nitrogens is 1. The molecule has 6 nitrogen and oxygen atoms in total. The summed E-state index contributed by atoms with van der Waals surface area (Å²) in [5.41, 5.74) is 2.24. The Bertz CT molecular complexity index is 1310. The van der Waals surface area contributed by atoms with Crippen molar-refractivity contribution in [2.45, 2.75) is 25.4 Å². The summed E-state index contributed by atoms with van der Waals surface area (Å²) < 4.78 is 19.0. The Hall–Kier alpha value is -3.51. The largest absolute Gasteiger partial charge is 0.496 e. The van der Waals surface area contributed by atoms with Gasteiger partial charge in [-0.25, -0.2) is 0 Å². The lowest BCUT2D eigenvalue weighted by molar-refractivity contribution is -0.134. The van der Waals surface area contributed by atoms with E-state index >= 15 is 0 Å². The number of fused-ring (bicyclic) bond motifs is 2. The zero-order valence-corrected chi connectivity index (χ0v) is 19.7. The molecule has 1 fully saturated rings. The predicted octanol–water partition coefficient (Wildman–Crippen LogP) is 5.19. The zero-order chi connectivity index (χ0) is 23.5. The van der Waals surface area contributed by atoms with Crippen molar-refractivity contribution < 1.29 is 19.0 Å². The van der Waals surface area contributed by atoms with Crippen LogP contribution in [0.3, 0.4) is 0 Å². The first-order chi connectivity index (χ1) is 16.7.